The highest BCUT2D eigenvalue weighted by atomic mass is 16.3. The number of phenolic OH excluding ortho intramolecular Hbond substituents is 1. The molecule has 19 heavy (non-hydrogen) atoms. The quantitative estimate of drug-likeness (QED) is 0.814. The molecule has 1 saturated carbocycles. The highest BCUT2D eigenvalue weighted by molar-refractivity contribution is 5.84. The number of aliphatic hydroxyl groups is 1. The fourth-order valence-corrected chi connectivity index (χ4v) is 4.13. The predicted octanol–water partition coefficient (Wildman–Crippen LogP) is 2.33. The number of rotatable bonds is 1. The maximum atomic E-state index is 11.8. The van der Waals surface area contributed by atoms with E-state index in [-0.39, 0.29) is 11.2 Å². The number of Topliss-reactive ketones (excluding diaryl/α,β-unsaturated/α-hetero) is 1. The van der Waals surface area contributed by atoms with Crippen LogP contribution in [-0.2, 0) is 16.6 Å². The average Bonchev–Trinajstić information content (AvgIpc) is 2.40. The minimum Gasteiger partial charge on any atom is -0.508 e. The Labute approximate surface area is 113 Å². The summed E-state index contributed by atoms with van der Waals surface area (Å²) in [6, 6.07) is 5.55. The summed E-state index contributed by atoms with van der Waals surface area (Å²) in [5, 5.41) is 19.6. The third-order valence-electron chi connectivity index (χ3n) is 5.18. The number of aromatic hydroxyl groups is 1. The van der Waals surface area contributed by atoms with Gasteiger partial charge in [-0.15, -0.1) is 0 Å². The van der Waals surface area contributed by atoms with Crippen LogP contribution in [0.5, 0.6) is 5.75 Å². The van der Waals surface area contributed by atoms with Gasteiger partial charge in [0.05, 0.1) is 0 Å². The van der Waals surface area contributed by atoms with Crippen molar-refractivity contribution in [2.75, 3.05) is 0 Å². The first-order chi connectivity index (χ1) is 9.06. The Balaban J connectivity index is 2.11. The number of hydrogen-bond acceptors (Lipinski definition) is 3. The second-order valence-corrected chi connectivity index (χ2v) is 5.98. The number of fused-ring (bicyclic) bond motifs is 3. The van der Waals surface area contributed by atoms with Crippen LogP contribution >= 0.6 is 0 Å². The minimum atomic E-state index is -0.823. The lowest BCUT2D eigenvalue weighted by Gasteiger charge is -2.49. The van der Waals surface area contributed by atoms with E-state index < -0.39 is 6.10 Å². The molecule has 0 aliphatic heterocycles. The Morgan fingerprint density at radius 2 is 2.21 bits per heavy atom. The molecule has 2 aliphatic rings. The number of phenols is 1. The first kappa shape index (κ1) is 12.7. The monoisotopic (exact) mass is 260 g/mol. The Kier molecular flexibility index (Phi) is 2.90. The van der Waals surface area contributed by atoms with Crippen molar-refractivity contribution in [3.05, 3.63) is 29.3 Å². The normalized spacial score (nSPS) is 33.7. The summed E-state index contributed by atoms with van der Waals surface area (Å²) in [6.45, 7) is 2.14. The molecule has 102 valence electrons. The Bertz CT molecular complexity index is 523. The van der Waals surface area contributed by atoms with E-state index in [1.165, 1.54) is 11.1 Å². The number of carbonyl (C=O) groups is 1. The topological polar surface area (TPSA) is 57.5 Å². The summed E-state index contributed by atoms with van der Waals surface area (Å²) in [7, 11) is 0. The van der Waals surface area contributed by atoms with Crippen LogP contribution in [0.25, 0.3) is 0 Å². The van der Waals surface area contributed by atoms with Gasteiger partial charge in [-0.25, -0.2) is 0 Å². The van der Waals surface area contributed by atoms with Gasteiger partial charge in [-0.2, -0.15) is 0 Å². The van der Waals surface area contributed by atoms with Crippen LogP contribution in [0.15, 0.2) is 18.2 Å². The van der Waals surface area contributed by atoms with Gasteiger partial charge in [-0.3, -0.25) is 4.79 Å². The van der Waals surface area contributed by atoms with Crippen molar-refractivity contribution >= 4 is 5.78 Å². The van der Waals surface area contributed by atoms with E-state index in [1.54, 1.807) is 6.07 Å². The van der Waals surface area contributed by atoms with Crippen molar-refractivity contribution in [1.29, 1.82) is 0 Å². The zero-order valence-electron chi connectivity index (χ0n) is 11.2. The molecular weight excluding hydrogens is 240 g/mol. The zero-order chi connectivity index (χ0) is 13.6. The first-order valence-corrected chi connectivity index (χ1v) is 7.10. The van der Waals surface area contributed by atoms with Gasteiger partial charge < -0.3 is 10.2 Å². The predicted molar refractivity (Wildman–Crippen MR) is 72.1 cm³/mol. The summed E-state index contributed by atoms with van der Waals surface area (Å²) in [4.78, 5) is 11.8. The molecule has 0 radical (unpaired) electrons. The average molecular weight is 260 g/mol. The van der Waals surface area contributed by atoms with E-state index in [9.17, 15) is 15.0 Å². The van der Waals surface area contributed by atoms with E-state index in [0.29, 0.717) is 24.5 Å². The molecule has 3 heteroatoms. The molecule has 1 fully saturated rings. The van der Waals surface area contributed by atoms with Crippen molar-refractivity contribution in [2.45, 2.75) is 50.5 Å². The third-order valence-corrected chi connectivity index (χ3v) is 5.18. The Morgan fingerprint density at radius 1 is 1.42 bits per heavy atom. The molecule has 0 spiro atoms. The van der Waals surface area contributed by atoms with Crippen LogP contribution < -0.4 is 0 Å². The van der Waals surface area contributed by atoms with E-state index in [0.717, 1.165) is 19.3 Å². The lowest BCUT2D eigenvalue weighted by molar-refractivity contribution is -0.134. The molecule has 0 aromatic heterocycles. The van der Waals surface area contributed by atoms with Gasteiger partial charge in [-0.1, -0.05) is 13.0 Å². The molecule has 3 atom stereocenters. The van der Waals surface area contributed by atoms with Gasteiger partial charge in [0, 0.05) is 11.8 Å². The molecule has 3 nitrogen and oxygen atoms in total. The molecule has 1 aromatic rings. The minimum absolute atomic E-state index is 0.00342. The summed E-state index contributed by atoms with van der Waals surface area (Å²) >= 11 is 0. The molecule has 0 heterocycles. The van der Waals surface area contributed by atoms with Gasteiger partial charge in [-0.05, 0) is 54.9 Å². The molecule has 1 aromatic carbocycles. The highest BCUT2D eigenvalue weighted by Crippen LogP contribution is 2.51. The summed E-state index contributed by atoms with van der Waals surface area (Å²) in [6.07, 6.45) is 3.03. The molecule has 3 rings (SSSR count). The number of benzene rings is 1. The van der Waals surface area contributed by atoms with E-state index in [1.807, 2.05) is 12.1 Å². The van der Waals surface area contributed by atoms with Crippen molar-refractivity contribution in [2.24, 2.45) is 5.92 Å². The van der Waals surface area contributed by atoms with Crippen LogP contribution in [0.4, 0.5) is 0 Å². The molecule has 3 unspecified atom stereocenters. The van der Waals surface area contributed by atoms with Crippen LogP contribution in [0.2, 0.25) is 0 Å². The lowest BCUT2D eigenvalue weighted by Crippen LogP contribution is -2.49. The third kappa shape index (κ3) is 1.79. The summed E-state index contributed by atoms with van der Waals surface area (Å²) in [5.74, 6) is 0.637. The van der Waals surface area contributed by atoms with Crippen LogP contribution in [0.1, 0.15) is 43.7 Å². The molecule has 0 bridgehead atoms. The Morgan fingerprint density at radius 3 is 2.95 bits per heavy atom. The fraction of sp³-hybridized carbons (Fsp3) is 0.562. The smallest absolute Gasteiger partial charge is 0.161 e. The Hall–Kier alpha value is -1.35. The molecule has 0 saturated heterocycles. The number of hydrogen-bond donors (Lipinski definition) is 2. The summed E-state index contributed by atoms with van der Waals surface area (Å²) < 4.78 is 0. The highest BCUT2D eigenvalue weighted by Gasteiger charge is 2.49. The van der Waals surface area contributed by atoms with Crippen molar-refractivity contribution in [1.82, 2.24) is 0 Å². The largest absolute Gasteiger partial charge is 0.508 e. The van der Waals surface area contributed by atoms with E-state index in [4.69, 9.17) is 0 Å². The van der Waals surface area contributed by atoms with Crippen molar-refractivity contribution in [3.8, 4) is 5.75 Å². The molecule has 2 N–H and O–H groups in total. The second-order valence-electron chi connectivity index (χ2n) is 5.98. The van der Waals surface area contributed by atoms with E-state index >= 15 is 0 Å². The number of ketones is 1. The molecule has 0 amide bonds. The molecule has 2 aliphatic carbocycles. The second kappa shape index (κ2) is 4.34. The van der Waals surface area contributed by atoms with Crippen molar-refractivity contribution in [3.63, 3.8) is 0 Å². The van der Waals surface area contributed by atoms with Gasteiger partial charge in [0.1, 0.15) is 11.9 Å². The molecular formula is C16H20O3. The van der Waals surface area contributed by atoms with Gasteiger partial charge in [0.15, 0.2) is 5.78 Å². The fourth-order valence-electron chi connectivity index (χ4n) is 4.13. The van der Waals surface area contributed by atoms with Crippen LogP contribution in [0, 0.1) is 5.92 Å². The van der Waals surface area contributed by atoms with E-state index in [2.05, 4.69) is 6.92 Å². The van der Waals surface area contributed by atoms with Gasteiger partial charge in [0.2, 0.25) is 0 Å². The lowest BCUT2D eigenvalue weighted by atomic mass is 9.55. The summed E-state index contributed by atoms with van der Waals surface area (Å²) in [5.41, 5.74) is 2.32. The number of aliphatic hydroxyl groups excluding tert-OH is 1. The number of aryl methyl sites for hydroxylation is 1. The zero-order valence-corrected chi connectivity index (χ0v) is 11.2. The first-order valence-electron chi connectivity index (χ1n) is 7.10. The van der Waals surface area contributed by atoms with Gasteiger partial charge >= 0.3 is 0 Å². The standard InChI is InChI=1S/C16H20O3/c1-2-16-9-15(19)14(18)8-11(16)4-3-10-7-12(17)5-6-13(10)16/h5-7,11,15,17,19H,2-4,8-9H2,1H3. The maximum Gasteiger partial charge on any atom is 0.161 e. The van der Waals surface area contributed by atoms with Crippen LogP contribution in [0.3, 0.4) is 0 Å². The maximum absolute atomic E-state index is 11.8. The van der Waals surface area contributed by atoms with Crippen LogP contribution in [-0.4, -0.2) is 22.1 Å². The number of carbonyl (C=O) groups excluding carboxylic acids is 1. The van der Waals surface area contributed by atoms with Gasteiger partial charge in [0.25, 0.3) is 0 Å². The van der Waals surface area contributed by atoms with Crippen molar-refractivity contribution < 1.29 is 15.0 Å². The SMILES string of the molecule is CCC12CC(O)C(=O)CC1CCc1cc(O)ccc12.